The maximum absolute atomic E-state index is 12.7. The second-order valence-electron chi connectivity index (χ2n) is 5.18. The van der Waals surface area contributed by atoms with Gasteiger partial charge in [-0.1, -0.05) is 18.2 Å². The predicted molar refractivity (Wildman–Crippen MR) is 85.0 cm³/mol. The lowest BCUT2D eigenvalue weighted by Gasteiger charge is -2.16. The number of nitrogens with one attached hydrogen (secondary N) is 2. The predicted octanol–water partition coefficient (Wildman–Crippen LogP) is 4.60. The molecule has 2 rings (SSSR count). The molecule has 4 nitrogen and oxygen atoms in total. The smallest absolute Gasteiger partial charge is 0.416 e. The summed E-state index contributed by atoms with van der Waals surface area (Å²) in [6, 6.07) is 10.7. The average Bonchev–Trinajstić information content (AvgIpc) is 2.54. The normalized spacial score (nSPS) is 12.4. The Hall–Kier alpha value is -2.70. The molecule has 0 spiro atoms. The van der Waals surface area contributed by atoms with Crippen LogP contribution in [0.15, 0.2) is 48.5 Å². The molecule has 0 heterocycles. The maximum Gasteiger partial charge on any atom is 0.416 e. The summed E-state index contributed by atoms with van der Waals surface area (Å²) >= 11 is 0. The van der Waals surface area contributed by atoms with Crippen molar-refractivity contribution in [1.29, 1.82) is 0 Å². The Balaban J connectivity index is 2.02. The Morgan fingerprint density at radius 1 is 1.12 bits per heavy atom. The molecule has 0 saturated heterocycles. The van der Waals surface area contributed by atoms with Gasteiger partial charge in [0.25, 0.3) is 0 Å². The van der Waals surface area contributed by atoms with Crippen LogP contribution in [0.3, 0.4) is 0 Å². The number of alkyl halides is 3. The first-order valence-electron chi connectivity index (χ1n) is 7.18. The molecule has 2 N–H and O–H groups in total. The minimum Gasteiger partial charge on any atom is -0.497 e. The molecule has 0 fully saturated rings. The van der Waals surface area contributed by atoms with Crippen LogP contribution in [-0.2, 0) is 6.18 Å². The van der Waals surface area contributed by atoms with Crippen LogP contribution in [-0.4, -0.2) is 13.1 Å². The molecule has 0 aliphatic carbocycles. The Labute approximate surface area is 137 Å². The number of halogens is 3. The summed E-state index contributed by atoms with van der Waals surface area (Å²) in [7, 11) is 1.54. The van der Waals surface area contributed by atoms with Gasteiger partial charge in [0.1, 0.15) is 5.75 Å². The van der Waals surface area contributed by atoms with Gasteiger partial charge in [-0.15, -0.1) is 0 Å². The van der Waals surface area contributed by atoms with E-state index in [4.69, 9.17) is 4.74 Å². The summed E-state index contributed by atoms with van der Waals surface area (Å²) in [6.07, 6.45) is -4.46. The third kappa shape index (κ3) is 4.65. The first-order valence-corrected chi connectivity index (χ1v) is 7.18. The number of hydrogen-bond donors (Lipinski definition) is 2. The maximum atomic E-state index is 12.7. The van der Waals surface area contributed by atoms with E-state index in [-0.39, 0.29) is 11.7 Å². The van der Waals surface area contributed by atoms with Gasteiger partial charge in [0.05, 0.1) is 18.7 Å². The first-order chi connectivity index (χ1) is 11.3. The van der Waals surface area contributed by atoms with E-state index in [1.807, 2.05) is 6.07 Å². The molecule has 2 amide bonds. The molecule has 0 aromatic heterocycles. The second-order valence-corrected chi connectivity index (χ2v) is 5.18. The minimum absolute atomic E-state index is 0.0696. The van der Waals surface area contributed by atoms with Crippen molar-refractivity contribution in [2.24, 2.45) is 0 Å². The van der Waals surface area contributed by atoms with Crippen LogP contribution in [0, 0.1) is 0 Å². The van der Waals surface area contributed by atoms with Crippen molar-refractivity contribution in [2.75, 3.05) is 12.4 Å². The van der Waals surface area contributed by atoms with E-state index in [0.29, 0.717) is 5.75 Å². The fourth-order valence-electron chi connectivity index (χ4n) is 2.13. The van der Waals surface area contributed by atoms with Crippen molar-refractivity contribution in [3.05, 3.63) is 59.7 Å². The zero-order chi connectivity index (χ0) is 17.7. The van der Waals surface area contributed by atoms with Crippen molar-refractivity contribution in [2.45, 2.75) is 19.1 Å². The summed E-state index contributed by atoms with van der Waals surface area (Å²) < 4.78 is 43.1. The fourth-order valence-corrected chi connectivity index (χ4v) is 2.13. The standard InChI is InChI=1S/C17H17F3N2O2/c1-11(12-5-3-8-15(9-12)24-2)21-16(23)22-14-7-4-6-13(10-14)17(18,19)20/h3-11H,1-2H3,(H2,21,22,23)/t11-/m1/s1. The Bertz CT molecular complexity index is 717. The van der Waals surface area contributed by atoms with Gasteiger partial charge in [-0.2, -0.15) is 13.2 Å². The third-order valence-electron chi connectivity index (χ3n) is 3.39. The molecule has 0 saturated carbocycles. The molecule has 24 heavy (non-hydrogen) atoms. The largest absolute Gasteiger partial charge is 0.497 e. The SMILES string of the molecule is COc1cccc([C@@H](C)NC(=O)Nc2cccc(C(F)(F)F)c2)c1. The van der Waals surface area contributed by atoms with Crippen LogP contribution >= 0.6 is 0 Å². The van der Waals surface area contributed by atoms with Crippen molar-refractivity contribution < 1.29 is 22.7 Å². The number of amides is 2. The highest BCUT2D eigenvalue weighted by molar-refractivity contribution is 5.89. The Morgan fingerprint density at radius 3 is 2.50 bits per heavy atom. The highest BCUT2D eigenvalue weighted by Gasteiger charge is 2.30. The lowest BCUT2D eigenvalue weighted by Crippen LogP contribution is -2.31. The summed E-state index contributed by atoms with van der Waals surface area (Å²) in [5.41, 5.74) is 0.0647. The molecule has 7 heteroatoms. The van der Waals surface area contributed by atoms with Gasteiger partial charge < -0.3 is 15.4 Å². The number of hydrogen-bond acceptors (Lipinski definition) is 2. The molecule has 0 radical (unpaired) electrons. The molecule has 128 valence electrons. The summed E-state index contributed by atoms with van der Waals surface area (Å²) in [5.74, 6) is 0.652. The molecule has 0 aliphatic heterocycles. The molecule has 0 unspecified atom stereocenters. The Morgan fingerprint density at radius 2 is 1.83 bits per heavy atom. The van der Waals surface area contributed by atoms with Gasteiger partial charge in [-0.05, 0) is 42.8 Å². The molecule has 0 aliphatic rings. The zero-order valence-corrected chi connectivity index (χ0v) is 13.1. The van der Waals surface area contributed by atoms with E-state index in [1.54, 1.807) is 25.1 Å². The number of rotatable bonds is 4. The number of methoxy groups -OCH3 is 1. The van der Waals surface area contributed by atoms with E-state index in [2.05, 4.69) is 10.6 Å². The molecule has 0 bridgehead atoms. The number of urea groups is 1. The highest BCUT2D eigenvalue weighted by atomic mass is 19.4. The molecule has 2 aromatic carbocycles. The molecule has 2 aromatic rings. The van der Waals surface area contributed by atoms with Gasteiger partial charge in [-0.3, -0.25) is 0 Å². The van der Waals surface area contributed by atoms with Gasteiger partial charge >= 0.3 is 12.2 Å². The summed E-state index contributed by atoms with van der Waals surface area (Å²) in [6.45, 7) is 1.76. The van der Waals surface area contributed by atoms with Crippen molar-refractivity contribution in [3.8, 4) is 5.75 Å². The summed E-state index contributed by atoms with van der Waals surface area (Å²) in [5, 5.41) is 5.07. The van der Waals surface area contributed by atoms with Crippen molar-refractivity contribution in [1.82, 2.24) is 5.32 Å². The monoisotopic (exact) mass is 338 g/mol. The van der Waals surface area contributed by atoms with Crippen LogP contribution in [0.5, 0.6) is 5.75 Å². The van der Waals surface area contributed by atoms with Crippen LogP contribution in [0.4, 0.5) is 23.7 Å². The second kappa shape index (κ2) is 7.25. The number of carbonyl (C=O) groups excluding carboxylic acids is 1. The van der Waals surface area contributed by atoms with Crippen LogP contribution < -0.4 is 15.4 Å². The van der Waals surface area contributed by atoms with Gasteiger partial charge in [-0.25, -0.2) is 4.79 Å². The van der Waals surface area contributed by atoms with Gasteiger partial charge in [0.15, 0.2) is 0 Å². The number of anilines is 1. The molecular weight excluding hydrogens is 321 g/mol. The Kier molecular flexibility index (Phi) is 5.33. The average molecular weight is 338 g/mol. The van der Waals surface area contributed by atoms with Crippen LogP contribution in [0.25, 0.3) is 0 Å². The lowest BCUT2D eigenvalue weighted by atomic mass is 10.1. The van der Waals surface area contributed by atoms with E-state index in [0.717, 1.165) is 17.7 Å². The van der Waals surface area contributed by atoms with Crippen molar-refractivity contribution in [3.63, 3.8) is 0 Å². The quantitative estimate of drug-likeness (QED) is 0.856. The van der Waals surface area contributed by atoms with E-state index in [9.17, 15) is 18.0 Å². The number of ether oxygens (including phenoxy) is 1. The van der Waals surface area contributed by atoms with E-state index in [1.165, 1.54) is 19.2 Å². The number of benzene rings is 2. The highest BCUT2D eigenvalue weighted by Crippen LogP contribution is 2.30. The van der Waals surface area contributed by atoms with Crippen molar-refractivity contribution >= 4 is 11.7 Å². The third-order valence-corrected chi connectivity index (χ3v) is 3.39. The zero-order valence-electron chi connectivity index (χ0n) is 13.1. The lowest BCUT2D eigenvalue weighted by molar-refractivity contribution is -0.137. The van der Waals surface area contributed by atoms with E-state index >= 15 is 0 Å². The van der Waals surface area contributed by atoms with Crippen LogP contribution in [0.1, 0.15) is 24.1 Å². The molecule has 1 atom stereocenters. The number of carbonyl (C=O) groups is 1. The summed E-state index contributed by atoms with van der Waals surface area (Å²) in [4.78, 5) is 12.0. The topological polar surface area (TPSA) is 50.4 Å². The van der Waals surface area contributed by atoms with Gasteiger partial charge in [0.2, 0.25) is 0 Å². The first kappa shape index (κ1) is 17.7. The van der Waals surface area contributed by atoms with Crippen LogP contribution in [0.2, 0.25) is 0 Å². The van der Waals surface area contributed by atoms with E-state index < -0.39 is 17.8 Å². The molecular formula is C17H17F3N2O2. The fraction of sp³-hybridized carbons (Fsp3) is 0.235. The van der Waals surface area contributed by atoms with Gasteiger partial charge in [0, 0.05) is 5.69 Å². The minimum atomic E-state index is -4.46.